The summed E-state index contributed by atoms with van der Waals surface area (Å²) in [4.78, 5) is 9.63. The molecular formula is C13H13N5S. The summed E-state index contributed by atoms with van der Waals surface area (Å²) < 4.78 is 1.96. The SMILES string of the molecule is Cn1ncc(Nc2ncnc3sccc23)c1C1CC1. The second-order valence-corrected chi connectivity index (χ2v) is 5.72. The zero-order valence-corrected chi connectivity index (χ0v) is 11.3. The second-order valence-electron chi connectivity index (χ2n) is 4.83. The smallest absolute Gasteiger partial charge is 0.142 e. The van der Waals surface area contributed by atoms with Crippen LogP contribution in [0.15, 0.2) is 24.0 Å². The molecule has 96 valence electrons. The molecule has 0 bridgehead atoms. The van der Waals surface area contributed by atoms with Gasteiger partial charge in [0.1, 0.15) is 17.0 Å². The molecule has 3 heterocycles. The van der Waals surface area contributed by atoms with Crippen molar-refractivity contribution in [2.75, 3.05) is 5.32 Å². The molecule has 1 fully saturated rings. The van der Waals surface area contributed by atoms with Crippen molar-refractivity contribution in [2.24, 2.45) is 7.05 Å². The van der Waals surface area contributed by atoms with Crippen molar-refractivity contribution in [2.45, 2.75) is 18.8 Å². The molecule has 0 radical (unpaired) electrons. The molecule has 3 aromatic rings. The maximum atomic E-state index is 4.36. The molecular weight excluding hydrogens is 258 g/mol. The van der Waals surface area contributed by atoms with Gasteiger partial charge < -0.3 is 5.32 Å². The Morgan fingerprint density at radius 2 is 2.26 bits per heavy atom. The van der Waals surface area contributed by atoms with Crippen LogP contribution in [-0.2, 0) is 7.05 Å². The van der Waals surface area contributed by atoms with E-state index in [0.29, 0.717) is 5.92 Å². The van der Waals surface area contributed by atoms with Crippen LogP contribution in [0.1, 0.15) is 24.5 Å². The van der Waals surface area contributed by atoms with Crippen LogP contribution in [0, 0.1) is 0 Å². The molecule has 0 saturated heterocycles. The van der Waals surface area contributed by atoms with Crippen molar-refractivity contribution >= 4 is 33.1 Å². The highest BCUT2D eigenvalue weighted by Crippen LogP contribution is 2.43. The van der Waals surface area contributed by atoms with Gasteiger partial charge in [-0.25, -0.2) is 9.97 Å². The van der Waals surface area contributed by atoms with Gasteiger partial charge in [0, 0.05) is 13.0 Å². The molecule has 4 rings (SSSR count). The van der Waals surface area contributed by atoms with Gasteiger partial charge in [-0.2, -0.15) is 5.10 Å². The Labute approximate surface area is 114 Å². The predicted octanol–water partition coefficient (Wildman–Crippen LogP) is 3.05. The molecule has 0 unspecified atom stereocenters. The second kappa shape index (κ2) is 4.03. The molecule has 6 heteroatoms. The first-order valence-electron chi connectivity index (χ1n) is 6.30. The third kappa shape index (κ3) is 1.79. The average molecular weight is 271 g/mol. The molecule has 19 heavy (non-hydrogen) atoms. The van der Waals surface area contributed by atoms with E-state index in [-0.39, 0.29) is 0 Å². The minimum Gasteiger partial charge on any atom is -0.337 e. The van der Waals surface area contributed by atoms with E-state index < -0.39 is 0 Å². The monoisotopic (exact) mass is 271 g/mol. The van der Waals surface area contributed by atoms with Crippen LogP contribution >= 0.6 is 11.3 Å². The maximum absolute atomic E-state index is 4.36. The number of rotatable bonds is 3. The summed E-state index contributed by atoms with van der Waals surface area (Å²) in [6.45, 7) is 0. The fourth-order valence-electron chi connectivity index (χ4n) is 2.40. The summed E-state index contributed by atoms with van der Waals surface area (Å²) in [5.41, 5.74) is 2.35. The van der Waals surface area contributed by atoms with Crippen molar-refractivity contribution in [3.05, 3.63) is 29.7 Å². The van der Waals surface area contributed by atoms with Crippen molar-refractivity contribution in [1.82, 2.24) is 19.7 Å². The molecule has 0 amide bonds. The summed E-state index contributed by atoms with van der Waals surface area (Å²) in [6, 6.07) is 2.05. The van der Waals surface area contributed by atoms with Gasteiger partial charge in [-0.15, -0.1) is 11.3 Å². The van der Waals surface area contributed by atoms with Gasteiger partial charge in [0.15, 0.2) is 0 Å². The number of aryl methyl sites for hydroxylation is 1. The molecule has 3 aromatic heterocycles. The van der Waals surface area contributed by atoms with E-state index in [1.54, 1.807) is 17.7 Å². The van der Waals surface area contributed by atoms with Gasteiger partial charge in [0.25, 0.3) is 0 Å². The minimum absolute atomic E-state index is 0.648. The van der Waals surface area contributed by atoms with Crippen LogP contribution in [0.2, 0.25) is 0 Å². The summed E-state index contributed by atoms with van der Waals surface area (Å²) in [7, 11) is 2.00. The van der Waals surface area contributed by atoms with E-state index in [2.05, 4.69) is 26.4 Å². The van der Waals surface area contributed by atoms with Crippen LogP contribution in [0.25, 0.3) is 10.2 Å². The highest BCUT2D eigenvalue weighted by atomic mass is 32.1. The lowest BCUT2D eigenvalue weighted by Crippen LogP contribution is -2.00. The fraction of sp³-hybridized carbons (Fsp3) is 0.308. The lowest BCUT2D eigenvalue weighted by atomic mass is 10.2. The first kappa shape index (κ1) is 10.9. The normalized spacial score (nSPS) is 15.0. The molecule has 0 aliphatic heterocycles. The Morgan fingerprint density at radius 1 is 1.37 bits per heavy atom. The Bertz CT molecular complexity index is 740. The van der Waals surface area contributed by atoms with Crippen molar-refractivity contribution < 1.29 is 0 Å². The van der Waals surface area contributed by atoms with E-state index in [1.165, 1.54) is 18.5 Å². The molecule has 1 aliphatic rings. The molecule has 0 spiro atoms. The topological polar surface area (TPSA) is 55.6 Å². The first-order chi connectivity index (χ1) is 9.33. The summed E-state index contributed by atoms with van der Waals surface area (Å²) in [5.74, 6) is 1.51. The largest absolute Gasteiger partial charge is 0.337 e. The van der Waals surface area contributed by atoms with Crippen LogP contribution < -0.4 is 5.32 Å². The van der Waals surface area contributed by atoms with Crippen molar-refractivity contribution in [3.63, 3.8) is 0 Å². The Kier molecular flexibility index (Phi) is 2.32. The number of aromatic nitrogens is 4. The van der Waals surface area contributed by atoms with Gasteiger partial charge >= 0.3 is 0 Å². The number of thiophene rings is 1. The summed E-state index contributed by atoms with van der Waals surface area (Å²) in [5, 5.41) is 10.9. The number of hydrogen-bond donors (Lipinski definition) is 1. The Hall–Kier alpha value is -1.95. The van der Waals surface area contributed by atoms with E-state index in [0.717, 1.165) is 21.7 Å². The average Bonchev–Trinajstić information content (AvgIpc) is 2.99. The minimum atomic E-state index is 0.648. The zero-order valence-electron chi connectivity index (χ0n) is 10.5. The lowest BCUT2D eigenvalue weighted by molar-refractivity contribution is 0.714. The van der Waals surface area contributed by atoms with Crippen molar-refractivity contribution in [3.8, 4) is 0 Å². The summed E-state index contributed by atoms with van der Waals surface area (Å²) in [6.07, 6.45) is 6.00. The van der Waals surface area contributed by atoms with Crippen LogP contribution in [0.5, 0.6) is 0 Å². The lowest BCUT2D eigenvalue weighted by Gasteiger charge is -2.07. The first-order valence-corrected chi connectivity index (χ1v) is 7.18. The van der Waals surface area contributed by atoms with Crippen LogP contribution in [-0.4, -0.2) is 19.7 Å². The summed E-state index contributed by atoms with van der Waals surface area (Å²) >= 11 is 1.63. The van der Waals surface area contributed by atoms with Gasteiger partial charge in [-0.1, -0.05) is 0 Å². The molecule has 5 nitrogen and oxygen atoms in total. The van der Waals surface area contributed by atoms with Gasteiger partial charge in [-0.05, 0) is 24.3 Å². The van der Waals surface area contributed by atoms with E-state index in [1.807, 2.05) is 23.3 Å². The van der Waals surface area contributed by atoms with E-state index >= 15 is 0 Å². The predicted molar refractivity (Wildman–Crippen MR) is 75.9 cm³/mol. The number of fused-ring (bicyclic) bond motifs is 1. The molecule has 0 aromatic carbocycles. The Morgan fingerprint density at radius 3 is 3.11 bits per heavy atom. The highest BCUT2D eigenvalue weighted by molar-refractivity contribution is 7.16. The zero-order chi connectivity index (χ0) is 12.8. The van der Waals surface area contributed by atoms with Gasteiger partial charge in [-0.3, -0.25) is 4.68 Å². The van der Waals surface area contributed by atoms with Crippen molar-refractivity contribution in [1.29, 1.82) is 0 Å². The van der Waals surface area contributed by atoms with Gasteiger partial charge in [0.05, 0.1) is 23.0 Å². The Balaban J connectivity index is 1.77. The standard InChI is InChI=1S/C13H13N5S/c1-18-11(8-2-3-8)10(6-16-18)17-12-9-4-5-19-13(9)15-7-14-12/h4-8H,2-3H2,1H3,(H,14,15,17). The molecule has 0 atom stereocenters. The number of nitrogens with zero attached hydrogens (tertiary/aromatic N) is 4. The number of nitrogens with one attached hydrogen (secondary N) is 1. The van der Waals surface area contributed by atoms with Gasteiger partial charge in [0.2, 0.25) is 0 Å². The molecule has 1 saturated carbocycles. The van der Waals surface area contributed by atoms with E-state index in [9.17, 15) is 0 Å². The molecule has 1 aliphatic carbocycles. The van der Waals surface area contributed by atoms with E-state index in [4.69, 9.17) is 0 Å². The maximum Gasteiger partial charge on any atom is 0.142 e. The fourth-order valence-corrected chi connectivity index (χ4v) is 3.13. The van der Waals surface area contributed by atoms with Crippen LogP contribution in [0.3, 0.4) is 0 Å². The third-order valence-corrected chi connectivity index (χ3v) is 4.28. The quantitative estimate of drug-likeness (QED) is 0.795. The number of anilines is 2. The molecule has 1 N–H and O–H groups in total. The third-order valence-electron chi connectivity index (χ3n) is 3.46. The van der Waals surface area contributed by atoms with Crippen LogP contribution in [0.4, 0.5) is 11.5 Å². The highest BCUT2D eigenvalue weighted by Gasteiger charge is 2.29. The number of hydrogen-bond acceptors (Lipinski definition) is 5.